The Morgan fingerprint density at radius 2 is 2.25 bits per heavy atom. The topological polar surface area (TPSA) is 0 Å². The van der Waals surface area contributed by atoms with Crippen molar-refractivity contribution >= 4 is 22.6 Å². The van der Waals surface area contributed by atoms with E-state index in [0.717, 1.165) is 6.42 Å². The summed E-state index contributed by atoms with van der Waals surface area (Å²) in [4.78, 5) is 0. The van der Waals surface area contributed by atoms with Crippen LogP contribution in [0.1, 0.15) is 20.3 Å². The Morgan fingerprint density at radius 1 is 1.75 bits per heavy atom. The predicted octanol–water partition coefficient (Wildman–Crippen LogP) is 3.29. The number of hydrogen-bond acceptors (Lipinski definition) is 0. The highest BCUT2D eigenvalue weighted by molar-refractivity contribution is 14.1. The molecule has 0 unspecified atom stereocenters. The summed E-state index contributed by atoms with van der Waals surface area (Å²) in [6.07, 6.45) is 3.15. The average Bonchev–Trinajstić information content (AvgIpc) is 1.65. The number of rotatable bonds is 2. The molecule has 0 saturated carbocycles. The van der Waals surface area contributed by atoms with Crippen LogP contribution in [0.4, 0.5) is 0 Å². The van der Waals surface area contributed by atoms with Crippen molar-refractivity contribution < 1.29 is 0 Å². The second kappa shape index (κ2) is 4.13. The van der Waals surface area contributed by atoms with Gasteiger partial charge < -0.3 is 0 Å². The maximum absolute atomic E-state index is 3.83. The van der Waals surface area contributed by atoms with Crippen LogP contribution in [0.5, 0.6) is 0 Å². The summed E-state index contributed by atoms with van der Waals surface area (Å²) in [6, 6.07) is 0. The van der Waals surface area contributed by atoms with Gasteiger partial charge in [0.1, 0.15) is 0 Å². The SMILES string of the molecule is C=C(/C=C(\C)I)CC. The molecule has 0 aliphatic carbocycles. The lowest BCUT2D eigenvalue weighted by molar-refractivity contribution is 1.16. The normalized spacial score (nSPS) is 11.6. The molecule has 0 nitrogen and oxygen atoms in total. The van der Waals surface area contributed by atoms with Crippen molar-refractivity contribution in [2.75, 3.05) is 0 Å². The minimum absolute atomic E-state index is 1.06. The molecule has 0 bridgehead atoms. The van der Waals surface area contributed by atoms with E-state index in [1.807, 2.05) is 0 Å². The van der Waals surface area contributed by atoms with Gasteiger partial charge in [0.25, 0.3) is 0 Å². The van der Waals surface area contributed by atoms with Gasteiger partial charge in [-0.15, -0.1) is 0 Å². The second-order valence-corrected chi connectivity index (χ2v) is 3.44. The molecule has 0 aromatic carbocycles. The summed E-state index contributed by atoms with van der Waals surface area (Å²) in [7, 11) is 0. The minimum atomic E-state index is 1.06. The monoisotopic (exact) mass is 222 g/mol. The van der Waals surface area contributed by atoms with E-state index in [9.17, 15) is 0 Å². The molecule has 0 aromatic rings. The van der Waals surface area contributed by atoms with Gasteiger partial charge in [0.05, 0.1) is 0 Å². The van der Waals surface area contributed by atoms with Crippen LogP contribution in [-0.4, -0.2) is 0 Å². The lowest BCUT2D eigenvalue weighted by Gasteiger charge is -1.90. The van der Waals surface area contributed by atoms with Crippen molar-refractivity contribution in [3.8, 4) is 0 Å². The zero-order chi connectivity index (χ0) is 6.57. The standard InChI is InChI=1S/C7H11I/c1-4-6(2)5-7(3)8/h5H,2,4H2,1,3H3/b7-5+. The summed E-state index contributed by atoms with van der Waals surface area (Å²) in [5.41, 5.74) is 1.21. The molecule has 0 fully saturated rings. The maximum atomic E-state index is 3.83. The van der Waals surface area contributed by atoms with Crippen molar-refractivity contribution in [3.05, 3.63) is 21.8 Å². The van der Waals surface area contributed by atoms with E-state index in [0.29, 0.717) is 0 Å². The van der Waals surface area contributed by atoms with E-state index in [1.54, 1.807) is 0 Å². The third kappa shape index (κ3) is 4.37. The summed E-state index contributed by atoms with van der Waals surface area (Å²) >= 11 is 2.28. The van der Waals surface area contributed by atoms with Gasteiger partial charge in [-0.2, -0.15) is 0 Å². The van der Waals surface area contributed by atoms with Crippen LogP contribution in [0.2, 0.25) is 0 Å². The quantitative estimate of drug-likeness (QED) is 0.496. The Bertz CT molecular complexity index is 108. The van der Waals surface area contributed by atoms with Gasteiger partial charge in [-0.05, 0) is 39.5 Å². The first kappa shape index (κ1) is 8.21. The first-order valence-electron chi connectivity index (χ1n) is 2.68. The molecule has 0 radical (unpaired) electrons. The van der Waals surface area contributed by atoms with E-state index >= 15 is 0 Å². The van der Waals surface area contributed by atoms with E-state index in [1.165, 1.54) is 9.15 Å². The molecular weight excluding hydrogens is 211 g/mol. The molecule has 0 rings (SSSR count). The molecule has 0 aromatic heterocycles. The Labute approximate surface area is 64.8 Å². The molecule has 0 spiro atoms. The zero-order valence-corrected chi connectivity index (χ0v) is 7.53. The average molecular weight is 222 g/mol. The highest BCUT2D eigenvalue weighted by atomic mass is 127. The van der Waals surface area contributed by atoms with Crippen LogP contribution in [0.15, 0.2) is 21.8 Å². The Kier molecular flexibility index (Phi) is 4.23. The fourth-order valence-corrected chi connectivity index (χ4v) is 0.824. The largest absolute Gasteiger partial charge is 0.0958 e. The third-order valence-corrected chi connectivity index (χ3v) is 1.17. The summed E-state index contributed by atoms with van der Waals surface area (Å²) in [6.45, 7) is 8.01. The van der Waals surface area contributed by atoms with E-state index in [2.05, 4.69) is 49.1 Å². The summed E-state index contributed by atoms with van der Waals surface area (Å²) in [5.74, 6) is 0. The molecule has 0 amide bonds. The van der Waals surface area contributed by atoms with E-state index in [4.69, 9.17) is 0 Å². The molecule has 0 aliphatic rings. The van der Waals surface area contributed by atoms with Gasteiger partial charge >= 0.3 is 0 Å². The molecule has 0 atom stereocenters. The highest BCUT2D eigenvalue weighted by Gasteiger charge is 1.82. The first-order valence-corrected chi connectivity index (χ1v) is 3.76. The lowest BCUT2D eigenvalue weighted by Crippen LogP contribution is -1.68. The summed E-state index contributed by atoms with van der Waals surface area (Å²) in [5, 5.41) is 0. The van der Waals surface area contributed by atoms with Crippen molar-refractivity contribution in [2.24, 2.45) is 0 Å². The highest BCUT2D eigenvalue weighted by Crippen LogP contribution is 2.08. The molecule has 0 N–H and O–H groups in total. The molecule has 1 heteroatoms. The van der Waals surface area contributed by atoms with Gasteiger partial charge in [0, 0.05) is 0 Å². The van der Waals surface area contributed by atoms with Gasteiger partial charge in [0.2, 0.25) is 0 Å². The van der Waals surface area contributed by atoms with Gasteiger partial charge in [-0.3, -0.25) is 0 Å². The van der Waals surface area contributed by atoms with Crippen molar-refractivity contribution in [1.82, 2.24) is 0 Å². The van der Waals surface area contributed by atoms with Crippen molar-refractivity contribution in [1.29, 1.82) is 0 Å². The first-order chi connectivity index (χ1) is 3.66. The smallest absolute Gasteiger partial charge is 0.0123 e. The van der Waals surface area contributed by atoms with Crippen molar-refractivity contribution in [3.63, 3.8) is 0 Å². The number of halogens is 1. The maximum Gasteiger partial charge on any atom is -0.0123 e. The van der Waals surface area contributed by atoms with Gasteiger partial charge in [-0.1, -0.05) is 25.2 Å². The fourth-order valence-electron chi connectivity index (χ4n) is 0.383. The molecule has 8 heavy (non-hydrogen) atoms. The van der Waals surface area contributed by atoms with Crippen LogP contribution < -0.4 is 0 Å². The van der Waals surface area contributed by atoms with E-state index < -0.39 is 0 Å². The van der Waals surface area contributed by atoms with Crippen LogP contribution in [-0.2, 0) is 0 Å². The fraction of sp³-hybridized carbons (Fsp3) is 0.429. The second-order valence-electron chi connectivity index (χ2n) is 1.74. The Balaban J connectivity index is 3.70. The molecule has 0 heterocycles. The third-order valence-electron chi connectivity index (χ3n) is 0.857. The zero-order valence-electron chi connectivity index (χ0n) is 5.37. The minimum Gasteiger partial charge on any atom is -0.0958 e. The molecule has 0 aliphatic heterocycles. The molecule has 46 valence electrons. The van der Waals surface area contributed by atoms with Gasteiger partial charge in [-0.25, -0.2) is 0 Å². The Hall–Kier alpha value is 0.210. The summed E-state index contributed by atoms with van der Waals surface area (Å²) < 4.78 is 1.30. The Morgan fingerprint density at radius 3 is 2.38 bits per heavy atom. The van der Waals surface area contributed by atoms with E-state index in [-0.39, 0.29) is 0 Å². The molecular formula is C7H11I. The number of hydrogen-bond donors (Lipinski definition) is 0. The molecule has 0 saturated heterocycles. The van der Waals surface area contributed by atoms with Crippen molar-refractivity contribution in [2.45, 2.75) is 20.3 Å². The van der Waals surface area contributed by atoms with Gasteiger partial charge in [0.15, 0.2) is 0 Å². The lowest BCUT2D eigenvalue weighted by atomic mass is 10.2. The van der Waals surface area contributed by atoms with Crippen LogP contribution in [0, 0.1) is 0 Å². The van der Waals surface area contributed by atoms with Crippen LogP contribution in [0.25, 0.3) is 0 Å². The van der Waals surface area contributed by atoms with Crippen LogP contribution >= 0.6 is 22.6 Å². The van der Waals surface area contributed by atoms with Crippen LogP contribution in [0.3, 0.4) is 0 Å². The number of allylic oxidation sites excluding steroid dienone is 3. The predicted molar refractivity (Wildman–Crippen MR) is 47.2 cm³/mol.